The Bertz CT molecular complexity index is 520. The van der Waals surface area contributed by atoms with Crippen LogP contribution in [0.25, 0.3) is 0 Å². The number of rotatable bonds is 5. The Hall–Kier alpha value is -1.41. The number of nitriles is 1. The van der Waals surface area contributed by atoms with Crippen molar-refractivity contribution in [2.45, 2.75) is 25.0 Å². The Morgan fingerprint density at radius 1 is 1.41 bits per heavy atom. The molecule has 0 fully saturated rings. The number of unbranched alkanes of at least 4 members (excludes halogenated alkanes) is 1. The molecule has 1 unspecified atom stereocenters. The van der Waals surface area contributed by atoms with Gasteiger partial charge < -0.3 is 0 Å². The maximum atomic E-state index is 13.4. The maximum Gasteiger partial charge on any atom is 0.157 e. The number of nitrogens with zero attached hydrogens (tertiary/aromatic N) is 1. The standard InChI is InChI=1S/C12H14FNO2S/c1-10(11-6-2-3-7-12(11)13)17(15,16)9-5-4-8-14/h2-3,6-7,10H,4-5,9H2,1H3. The van der Waals surface area contributed by atoms with Crippen molar-refractivity contribution >= 4 is 9.84 Å². The van der Waals surface area contributed by atoms with E-state index in [4.69, 9.17) is 5.26 Å². The van der Waals surface area contributed by atoms with Crippen molar-refractivity contribution < 1.29 is 12.8 Å². The summed E-state index contributed by atoms with van der Waals surface area (Å²) < 4.78 is 37.2. The van der Waals surface area contributed by atoms with Gasteiger partial charge >= 0.3 is 0 Å². The Morgan fingerprint density at radius 3 is 2.65 bits per heavy atom. The van der Waals surface area contributed by atoms with Crippen molar-refractivity contribution in [1.29, 1.82) is 5.26 Å². The highest BCUT2D eigenvalue weighted by Crippen LogP contribution is 2.25. The van der Waals surface area contributed by atoms with Crippen LogP contribution in [-0.2, 0) is 9.84 Å². The van der Waals surface area contributed by atoms with Gasteiger partial charge in [-0.2, -0.15) is 5.26 Å². The summed E-state index contributed by atoms with van der Waals surface area (Å²) >= 11 is 0. The zero-order chi connectivity index (χ0) is 12.9. The highest BCUT2D eigenvalue weighted by atomic mass is 32.2. The molecule has 1 aromatic rings. The highest BCUT2D eigenvalue weighted by Gasteiger charge is 2.24. The topological polar surface area (TPSA) is 57.9 Å². The molecule has 5 heteroatoms. The van der Waals surface area contributed by atoms with E-state index in [2.05, 4.69) is 0 Å². The number of hydrogen-bond donors (Lipinski definition) is 0. The van der Waals surface area contributed by atoms with Crippen molar-refractivity contribution in [3.8, 4) is 6.07 Å². The van der Waals surface area contributed by atoms with Crippen LogP contribution in [-0.4, -0.2) is 14.2 Å². The average Bonchev–Trinajstić information content (AvgIpc) is 2.29. The van der Waals surface area contributed by atoms with E-state index in [1.807, 2.05) is 6.07 Å². The molecule has 0 aliphatic carbocycles. The molecule has 0 aliphatic rings. The number of halogens is 1. The molecule has 1 atom stereocenters. The molecule has 1 aromatic carbocycles. The number of sulfone groups is 1. The summed E-state index contributed by atoms with van der Waals surface area (Å²) in [6, 6.07) is 7.75. The molecule has 3 nitrogen and oxygen atoms in total. The SMILES string of the molecule is CC(c1ccccc1F)S(=O)(=O)CCCC#N. The van der Waals surface area contributed by atoms with Crippen molar-refractivity contribution in [2.24, 2.45) is 0 Å². The summed E-state index contributed by atoms with van der Waals surface area (Å²) in [5.41, 5.74) is 0.185. The van der Waals surface area contributed by atoms with E-state index >= 15 is 0 Å². The molecule has 0 aliphatic heterocycles. The summed E-state index contributed by atoms with van der Waals surface area (Å²) in [6.45, 7) is 1.47. The fourth-order valence-corrected chi connectivity index (χ4v) is 3.01. The minimum Gasteiger partial charge on any atom is -0.228 e. The van der Waals surface area contributed by atoms with Crippen LogP contribution < -0.4 is 0 Å². The van der Waals surface area contributed by atoms with Gasteiger partial charge in [-0.1, -0.05) is 18.2 Å². The first-order chi connectivity index (χ1) is 7.99. The summed E-state index contributed by atoms with van der Waals surface area (Å²) in [7, 11) is -3.40. The normalized spacial score (nSPS) is 13.0. The fraction of sp³-hybridized carbons (Fsp3) is 0.417. The van der Waals surface area contributed by atoms with Gasteiger partial charge in [0.05, 0.1) is 17.1 Å². The van der Waals surface area contributed by atoms with Crippen LogP contribution >= 0.6 is 0 Å². The molecule has 0 spiro atoms. The van der Waals surface area contributed by atoms with Gasteiger partial charge in [-0.25, -0.2) is 12.8 Å². The maximum absolute atomic E-state index is 13.4. The van der Waals surface area contributed by atoms with E-state index in [0.717, 1.165) is 0 Å². The lowest BCUT2D eigenvalue weighted by Gasteiger charge is -2.13. The molecule has 0 N–H and O–H groups in total. The molecule has 92 valence electrons. The minimum absolute atomic E-state index is 0.0872. The van der Waals surface area contributed by atoms with Crippen LogP contribution in [0.15, 0.2) is 24.3 Å². The summed E-state index contributed by atoms with van der Waals surface area (Å²) in [6.07, 6.45) is 0.487. The Labute approximate surface area is 101 Å². The van der Waals surface area contributed by atoms with E-state index in [9.17, 15) is 12.8 Å². The third kappa shape index (κ3) is 3.53. The second-order valence-electron chi connectivity index (χ2n) is 3.79. The number of hydrogen-bond acceptors (Lipinski definition) is 3. The molecule has 0 saturated heterocycles. The van der Waals surface area contributed by atoms with Crippen molar-refractivity contribution in [2.75, 3.05) is 5.75 Å². The van der Waals surface area contributed by atoms with Gasteiger partial charge in [0.1, 0.15) is 5.82 Å². The van der Waals surface area contributed by atoms with Gasteiger partial charge in [0, 0.05) is 12.0 Å². The van der Waals surface area contributed by atoms with E-state index in [-0.39, 0.29) is 24.2 Å². The van der Waals surface area contributed by atoms with Crippen LogP contribution in [0.5, 0.6) is 0 Å². The summed E-state index contributed by atoms with van der Waals surface area (Å²) in [5, 5.41) is 7.49. The second kappa shape index (κ2) is 5.78. The quantitative estimate of drug-likeness (QED) is 0.760. The van der Waals surface area contributed by atoms with Gasteiger partial charge in [-0.05, 0) is 19.4 Å². The summed E-state index contributed by atoms with van der Waals surface area (Å²) in [4.78, 5) is 0. The predicted molar refractivity (Wildman–Crippen MR) is 63.4 cm³/mol. The Kier molecular flexibility index (Phi) is 4.64. The van der Waals surface area contributed by atoms with Gasteiger partial charge in [0.2, 0.25) is 0 Å². The first-order valence-electron chi connectivity index (χ1n) is 5.32. The average molecular weight is 255 g/mol. The van der Waals surface area contributed by atoms with Crippen molar-refractivity contribution in [3.63, 3.8) is 0 Å². The van der Waals surface area contributed by atoms with Crippen LogP contribution in [0.2, 0.25) is 0 Å². The van der Waals surface area contributed by atoms with Crippen molar-refractivity contribution in [3.05, 3.63) is 35.6 Å². The third-order valence-corrected chi connectivity index (χ3v) is 4.79. The lowest BCUT2D eigenvalue weighted by Crippen LogP contribution is -2.15. The monoisotopic (exact) mass is 255 g/mol. The molecular weight excluding hydrogens is 241 g/mol. The minimum atomic E-state index is -3.40. The third-order valence-electron chi connectivity index (χ3n) is 2.60. The van der Waals surface area contributed by atoms with Crippen LogP contribution in [0.3, 0.4) is 0 Å². The van der Waals surface area contributed by atoms with Gasteiger partial charge in [0.25, 0.3) is 0 Å². The van der Waals surface area contributed by atoms with E-state index < -0.39 is 20.9 Å². The molecule has 0 aromatic heterocycles. The lowest BCUT2D eigenvalue weighted by molar-refractivity contribution is 0.572. The largest absolute Gasteiger partial charge is 0.228 e. The Morgan fingerprint density at radius 2 is 2.06 bits per heavy atom. The van der Waals surface area contributed by atoms with E-state index in [1.54, 1.807) is 6.07 Å². The molecule has 0 bridgehead atoms. The molecule has 17 heavy (non-hydrogen) atoms. The molecule has 1 rings (SSSR count). The summed E-state index contributed by atoms with van der Waals surface area (Å²) in [5.74, 6) is -0.598. The molecule has 0 radical (unpaired) electrons. The van der Waals surface area contributed by atoms with Crippen molar-refractivity contribution in [1.82, 2.24) is 0 Å². The fourth-order valence-electron chi connectivity index (χ4n) is 1.53. The van der Waals surface area contributed by atoms with Gasteiger partial charge in [0.15, 0.2) is 9.84 Å². The molecule has 0 saturated carbocycles. The number of benzene rings is 1. The molecular formula is C12H14FNO2S. The van der Waals surface area contributed by atoms with Gasteiger partial charge in [-0.3, -0.25) is 0 Å². The zero-order valence-electron chi connectivity index (χ0n) is 9.56. The van der Waals surface area contributed by atoms with Crippen LogP contribution in [0.4, 0.5) is 4.39 Å². The van der Waals surface area contributed by atoms with E-state index in [0.29, 0.717) is 0 Å². The highest BCUT2D eigenvalue weighted by molar-refractivity contribution is 7.91. The first-order valence-corrected chi connectivity index (χ1v) is 7.03. The predicted octanol–water partition coefficient (Wildman–Crippen LogP) is 2.61. The van der Waals surface area contributed by atoms with Crippen LogP contribution in [0.1, 0.15) is 30.6 Å². The smallest absolute Gasteiger partial charge is 0.157 e. The van der Waals surface area contributed by atoms with E-state index in [1.165, 1.54) is 25.1 Å². The molecule has 0 amide bonds. The molecule has 0 heterocycles. The first kappa shape index (κ1) is 13.7. The van der Waals surface area contributed by atoms with Gasteiger partial charge in [-0.15, -0.1) is 0 Å². The second-order valence-corrected chi connectivity index (χ2v) is 6.23. The lowest BCUT2D eigenvalue weighted by atomic mass is 10.1. The van der Waals surface area contributed by atoms with Crippen LogP contribution in [0, 0.1) is 17.1 Å². The zero-order valence-corrected chi connectivity index (χ0v) is 10.4. The Balaban J connectivity index is 2.86.